The lowest BCUT2D eigenvalue weighted by Gasteiger charge is -2.10. The van der Waals surface area contributed by atoms with Crippen LogP contribution in [0.1, 0.15) is 11.1 Å². The van der Waals surface area contributed by atoms with E-state index in [2.05, 4.69) is 36.8 Å². The van der Waals surface area contributed by atoms with Crippen molar-refractivity contribution in [2.24, 2.45) is 0 Å². The number of aromatic nitrogens is 4. The molecule has 25 heavy (non-hydrogen) atoms. The molecule has 0 spiro atoms. The van der Waals surface area contributed by atoms with Crippen molar-refractivity contribution in [3.8, 4) is 5.69 Å². The van der Waals surface area contributed by atoms with E-state index >= 15 is 0 Å². The fourth-order valence-corrected chi connectivity index (χ4v) is 3.17. The third-order valence-electron chi connectivity index (χ3n) is 3.72. The Balaban J connectivity index is 1.66. The molecule has 8 heteroatoms. The molecule has 0 saturated heterocycles. The number of tetrazole rings is 1. The predicted octanol–water partition coefficient (Wildman–Crippen LogP) is 3.77. The van der Waals surface area contributed by atoms with E-state index in [-0.39, 0.29) is 11.7 Å². The van der Waals surface area contributed by atoms with Crippen molar-refractivity contribution in [2.75, 3.05) is 11.1 Å². The first-order valence-electron chi connectivity index (χ1n) is 7.58. The largest absolute Gasteiger partial charge is 0.325 e. The van der Waals surface area contributed by atoms with E-state index in [4.69, 9.17) is 0 Å². The summed E-state index contributed by atoms with van der Waals surface area (Å²) in [4.78, 5) is 12.2. The van der Waals surface area contributed by atoms with Crippen LogP contribution in [0.3, 0.4) is 0 Å². The number of thioether (sulfide) groups is 1. The highest BCUT2D eigenvalue weighted by molar-refractivity contribution is 9.10. The van der Waals surface area contributed by atoms with Crippen LogP contribution in [0.2, 0.25) is 0 Å². The molecule has 0 bridgehead atoms. The molecule has 1 N–H and O–H groups in total. The smallest absolute Gasteiger partial charge is 0.234 e. The maximum absolute atomic E-state index is 12.2. The zero-order valence-electron chi connectivity index (χ0n) is 13.7. The first-order valence-corrected chi connectivity index (χ1v) is 9.35. The Hall–Kier alpha value is -2.19. The van der Waals surface area contributed by atoms with Crippen LogP contribution >= 0.6 is 27.7 Å². The van der Waals surface area contributed by atoms with Gasteiger partial charge in [0.05, 0.1) is 11.4 Å². The SMILES string of the molecule is Cc1cccc(NC(=O)CSc2nnnn2-c2ccc(Br)cc2)c1C. The van der Waals surface area contributed by atoms with Crippen molar-refractivity contribution in [1.82, 2.24) is 20.2 Å². The first-order chi connectivity index (χ1) is 12.0. The summed E-state index contributed by atoms with van der Waals surface area (Å²) in [6.07, 6.45) is 0. The van der Waals surface area contributed by atoms with Gasteiger partial charge in [-0.3, -0.25) is 4.79 Å². The summed E-state index contributed by atoms with van der Waals surface area (Å²) >= 11 is 4.69. The minimum absolute atomic E-state index is 0.0935. The van der Waals surface area contributed by atoms with Gasteiger partial charge in [0, 0.05) is 10.2 Å². The third kappa shape index (κ3) is 4.26. The number of amides is 1. The van der Waals surface area contributed by atoms with Gasteiger partial charge in [0.25, 0.3) is 0 Å². The van der Waals surface area contributed by atoms with E-state index in [1.54, 1.807) is 4.68 Å². The summed E-state index contributed by atoms with van der Waals surface area (Å²) in [6, 6.07) is 13.5. The van der Waals surface area contributed by atoms with Crippen LogP contribution in [0, 0.1) is 13.8 Å². The third-order valence-corrected chi connectivity index (χ3v) is 5.17. The molecule has 3 aromatic rings. The van der Waals surface area contributed by atoms with Gasteiger partial charge in [-0.1, -0.05) is 39.8 Å². The zero-order valence-corrected chi connectivity index (χ0v) is 16.1. The van der Waals surface area contributed by atoms with Gasteiger partial charge < -0.3 is 5.32 Å². The molecule has 0 aliphatic rings. The van der Waals surface area contributed by atoms with Gasteiger partial charge in [-0.2, -0.15) is 4.68 Å². The zero-order chi connectivity index (χ0) is 17.8. The minimum Gasteiger partial charge on any atom is -0.325 e. The number of hydrogen-bond donors (Lipinski definition) is 1. The van der Waals surface area contributed by atoms with E-state index in [0.717, 1.165) is 27.0 Å². The Morgan fingerprint density at radius 1 is 1.20 bits per heavy atom. The Bertz CT molecular complexity index is 894. The van der Waals surface area contributed by atoms with Gasteiger partial charge in [0.15, 0.2) is 0 Å². The van der Waals surface area contributed by atoms with Gasteiger partial charge >= 0.3 is 0 Å². The quantitative estimate of drug-likeness (QED) is 0.639. The molecular weight excluding hydrogens is 402 g/mol. The van der Waals surface area contributed by atoms with Crippen LogP contribution in [-0.2, 0) is 4.79 Å². The Kier molecular flexibility index (Phi) is 5.50. The lowest BCUT2D eigenvalue weighted by Crippen LogP contribution is -2.15. The summed E-state index contributed by atoms with van der Waals surface area (Å²) in [6.45, 7) is 4.01. The predicted molar refractivity (Wildman–Crippen MR) is 102 cm³/mol. The van der Waals surface area contributed by atoms with Crippen LogP contribution in [0.15, 0.2) is 52.1 Å². The summed E-state index contributed by atoms with van der Waals surface area (Å²) in [5.41, 5.74) is 3.88. The van der Waals surface area contributed by atoms with Crippen molar-refractivity contribution in [2.45, 2.75) is 19.0 Å². The Morgan fingerprint density at radius 3 is 2.72 bits per heavy atom. The van der Waals surface area contributed by atoms with Gasteiger partial charge in [-0.15, -0.1) is 5.10 Å². The average Bonchev–Trinajstić information content (AvgIpc) is 3.06. The number of anilines is 1. The topological polar surface area (TPSA) is 72.7 Å². The standard InChI is InChI=1S/C17H16BrN5OS/c1-11-4-3-5-15(12(11)2)19-16(24)10-25-17-20-21-22-23(17)14-8-6-13(18)7-9-14/h3-9H,10H2,1-2H3,(H,19,24). The number of aryl methyl sites for hydroxylation is 1. The molecule has 1 heterocycles. The van der Waals surface area contributed by atoms with Crippen molar-refractivity contribution in [3.63, 3.8) is 0 Å². The summed E-state index contributed by atoms with van der Waals surface area (Å²) < 4.78 is 2.59. The molecule has 6 nitrogen and oxygen atoms in total. The molecule has 2 aromatic carbocycles. The number of hydrogen-bond acceptors (Lipinski definition) is 5. The van der Waals surface area contributed by atoms with Gasteiger partial charge in [-0.05, 0) is 65.7 Å². The maximum Gasteiger partial charge on any atom is 0.234 e. The lowest BCUT2D eigenvalue weighted by atomic mass is 10.1. The van der Waals surface area contributed by atoms with E-state index in [0.29, 0.717) is 5.16 Å². The molecule has 0 aliphatic heterocycles. The highest BCUT2D eigenvalue weighted by Crippen LogP contribution is 2.21. The summed E-state index contributed by atoms with van der Waals surface area (Å²) in [5, 5.41) is 15.2. The van der Waals surface area contributed by atoms with Crippen LogP contribution in [0.4, 0.5) is 5.69 Å². The molecule has 3 rings (SSSR count). The summed E-state index contributed by atoms with van der Waals surface area (Å²) in [7, 11) is 0. The number of halogens is 1. The number of nitrogens with zero attached hydrogens (tertiary/aromatic N) is 4. The number of rotatable bonds is 5. The second kappa shape index (κ2) is 7.79. The highest BCUT2D eigenvalue weighted by Gasteiger charge is 2.12. The molecule has 0 unspecified atom stereocenters. The number of nitrogens with one attached hydrogen (secondary N) is 1. The van der Waals surface area contributed by atoms with Crippen molar-refractivity contribution < 1.29 is 4.79 Å². The maximum atomic E-state index is 12.2. The van der Waals surface area contributed by atoms with Crippen molar-refractivity contribution >= 4 is 39.3 Å². The Morgan fingerprint density at radius 2 is 1.96 bits per heavy atom. The Labute approximate surface area is 158 Å². The van der Waals surface area contributed by atoms with Gasteiger partial charge in [-0.25, -0.2) is 0 Å². The average molecular weight is 418 g/mol. The van der Waals surface area contributed by atoms with E-state index in [1.165, 1.54) is 11.8 Å². The number of carbonyl (C=O) groups is 1. The van der Waals surface area contributed by atoms with Crippen LogP contribution in [-0.4, -0.2) is 31.9 Å². The molecular formula is C17H16BrN5OS. The molecule has 0 fully saturated rings. The molecule has 1 aromatic heterocycles. The first kappa shape index (κ1) is 17.6. The second-order valence-corrected chi connectivity index (χ2v) is 7.29. The summed E-state index contributed by atoms with van der Waals surface area (Å²) in [5.74, 6) is 0.133. The highest BCUT2D eigenvalue weighted by atomic mass is 79.9. The number of benzene rings is 2. The van der Waals surface area contributed by atoms with Crippen LogP contribution in [0.5, 0.6) is 0 Å². The molecule has 0 aliphatic carbocycles. The van der Waals surface area contributed by atoms with E-state index < -0.39 is 0 Å². The molecule has 0 atom stereocenters. The van der Waals surface area contributed by atoms with Crippen LogP contribution in [0.25, 0.3) is 5.69 Å². The van der Waals surface area contributed by atoms with Crippen molar-refractivity contribution in [1.29, 1.82) is 0 Å². The fraction of sp³-hybridized carbons (Fsp3) is 0.176. The molecule has 1 amide bonds. The van der Waals surface area contributed by atoms with E-state index in [1.807, 2.05) is 56.3 Å². The molecule has 0 saturated carbocycles. The van der Waals surface area contributed by atoms with Crippen molar-refractivity contribution in [3.05, 3.63) is 58.1 Å². The minimum atomic E-state index is -0.0935. The normalized spacial score (nSPS) is 10.7. The lowest BCUT2D eigenvalue weighted by molar-refractivity contribution is -0.113. The second-order valence-electron chi connectivity index (χ2n) is 5.43. The molecule has 0 radical (unpaired) electrons. The fourth-order valence-electron chi connectivity index (χ4n) is 2.22. The monoisotopic (exact) mass is 417 g/mol. The van der Waals surface area contributed by atoms with E-state index in [9.17, 15) is 4.79 Å². The van der Waals surface area contributed by atoms with Gasteiger partial charge in [0.2, 0.25) is 11.1 Å². The number of carbonyl (C=O) groups excluding carboxylic acids is 1. The molecule has 128 valence electrons. The van der Waals surface area contributed by atoms with Crippen LogP contribution < -0.4 is 5.32 Å². The van der Waals surface area contributed by atoms with Gasteiger partial charge in [0.1, 0.15) is 0 Å².